The van der Waals surface area contributed by atoms with Gasteiger partial charge in [-0.3, -0.25) is 19.5 Å². The molecule has 0 bridgehead atoms. The minimum absolute atomic E-state index is 0.000833. The third-order valence-corrected chi connectivity index (χ3v) is 10.3. The second-order valence-corrected chi connectivity index (χ2v) is 13.8. The molecule has 7 rings (SSSR count). The molecule has 4 aromatic rings. The number of carbonyl (C=O) groups excluding carboxylic acids is 3. The van der Waals surface area contributed by atoms with Gasteiger partial charge in [0.15, 0.2) is 22.6 Å². The second-order valence-electron chi connectivity index (χ2n) is 11.9. The summed E-state index contributed by atoms with van der Waals surface area (Å²) < 4.78 is 12.4. The number of nitrogen functional groups attached to an aromatic ring is 1. The number of oxime groups is 1. The van der Waals surface area contributed by atoms with Crippen molar-refractivity contribution in [2.75, 3.05) is 18.1 Å². The van der Waals surface area contributed by atoms with Gasteiger partial charge in [0.1, 0.15) is 36.2 Å². The Morgan fingerprint density at radius 2 is 1.72 bits per heavy atom. The van der Waals surface area contributed by atoms with Crippen molar-refractivity contribution in [1.29, 1.82) is 0 Å². The number of anilines is 1. The van der Waals surface area contributed by atoms with Gasteiger partial charge in [0.25, 0.3) is 11.8 Å². The fourth-order valence-electron chi connectivity index (χ4n) is 6.12. The molecule has 2 aromatic heterocycles. The molecule has 1 saturated carbocycles. The lowest BCUT2D eigenvalue weighted by molar-refractivity contribution is -0.163. The van der Waals surface area contributed by atoms with Gasteiger partial charge in [-0.2, -0.15) is 0 Å². The van der Waals surface area contributed by atoms with Crippen LogP contribution < -0.4 is 11.1 Å². The van der Waals surface area contributed by atoms with Crippen molar-refractivity contribution in [2.24, 2.45) is 5.16 Å². The minimum Gasteiger partial charge on any atom is -0.492 e. The van der Waals surface area contributed by atoms with E-state index in [1.54, 1.807) is 17.8 Å². The van der Waals surface area contributed by atoms with Gasteiger partial charge >= 0.3 is 5.97 Å². The molecule has 256 valence electrons. The maximum absolute atomic E-state index is 14.2. The van der Waals surface area contributed by atoms with E-state index in [1.807, 2.05) is 72.8 Å². The quantitative estimate of drug-likeness (QED) is 0.0685. The van der Waals surface area contributed by atoms with Gasteiger partial charge in [-0.1, -0.05) is 65.8 Å². The molecular formula is C36H34N6O6S2. The number of rotatable bonds is 12. The molecule has 2 fully saturated rings. The monoisotopic (exact) mass is 710 g/mol. The summed E-state index contributed by atoms with van der Waals surface area (Å²) in [5.41, 5.74) is 7.56. The zero-order valence-corrected chi connectivity index (χ0v) is 28.5. The van der Waals surface area contributed by atoms with Gasteiger partial charge in [-0.05, 0) is 48.9 Å². The predicted molar refractivity (Wildman–Crippen MR) is 188 cm³/mol. The lowest BCUT2D eigenvalue weighted by Crippen LogP contribution is -2.73. The minimum atomic E-state index is -0.994. The molecular weight excluding hydrogens is 677 g/mol. The van der Waals surface area contributed by atoms with E-state index in [2.05, 4.69) is 20.4 Å². The largest absolute Gasteiger partial charge is 0.492 e. The summed E-state index contributed by atoms with van der Waals surface area (Å²) in [6.07, 6.45) is 6.25. The van der Waals surface area contributed by atoms with Gasteiger partial charge in [0, 0.05) is 22.7 Å². The standard InChI is InChI=1S/C36H34N6O6S2/c37-36-39-26(20-50-36)29(41-48-24-13-7-8-14-24)33(43)40-30-27-19-46-28(21-49-25-15-17-38-18-16-25)31(42(27)34(30)44)35(45)47-32(22-9-3-1-4-10-22)23-11-5-2-6-12-23/h1-6,9-12,15-18,20,24,27,30,32H,7-8,13-14,19,21H2,(H2,37,39)(H,40,43)/b41-29-. The zero-order chi connectivity index (χ0) is 34.5. The van der Waals surface area contributed by atoms with Crippen molar-refractivity contribution >= 4 is 51.7 Å². The van der Waals surface area contributed by atoms with Crippen LogP contribution in [0.15, 0.2) is 112 Å². The zero-order valence-electron chi connectivity index (χ0n) is 26.8. The Morgan fingerprint density at radius 3 is 2.36 bits per heavy atom. The molecule has 50 heavy (non-hydrogen) atoms. The van der Waals surface area contributed by atoms with E-state index < -0.39 is 36.0 Å². The highest BCUT2D eigenvalue weighted by Crippen LogP contribution is 2.37. The summed E-state index contributed by atoms with van der Waals surface area (Å²) in [4.78, 5) is 58.1. The number of nitrogens with one attached hydrogen (secondary N) is 1. The smallest absolute Gasteiger partial charge is 0.359 e. The van der Waals surface area contributed by atoms with Crippen LogP contribution >= 0.6 is 23.1 Å². The van der Waals surface area contributed by atoms with Gasteiger partial charge in [-0.15, -0.1) is 23.1 Å². The van der Waals surface area contributed by atoms with Crippen molar-refractivity contribution < 1.29 is 28.7 Å². The van der Waals surface area contributed by atoms with Crippen molar-refractivity contribution in [3.63, 3.8) is 0 Å². The molecule has 12 nitrogen and oxygen atoms in total. The molecule has 4 heterocycles. The molecule has 3 N–H and O–H groups in total. The van der Waals surface area contributed by atoms with Crippen LogP contribution in [0.3, 0.4) is 0 Å². The molecule has 1 aliphatic carbocycles. The Bertz CT molecular complexity index is 1860. The van der Waals surface area contributed by atoms with Crippen LogP contribution in [-0.2, 0) is 28.7 Å². The molecule has 1 saturated heterocycles. The number of pyridine rings is 1. The first-order chi connectivity index (χ1) is 24.5. The van der Waals surface area contributed by atoms with Gasteiger partial charge in [-0.25, -0.2) is 9.78 Å². The van der Waals surface area contributed by atoms with Crippen molar-refractivity contribution in [1.82, 2.24) is 20.2 Å². The number of nitrogens with zero attached hydrogens (tertiary/aromatic N) is 4. The molecule has 0 spiro atoms. The first-order valence-electron chi connectivity index (χ1n) is 16.2. The van der Waals surface area contributed by atoms with E-state index in [0.29, 0.717) is 5.76 Å². The Labute approximate surface area is 296 Å². The lowest BCUT2D eigenvalue weighted by atomic mass is 9.92. The number of amides is 2. The maximum atomic E-state index is 14.2. The highest BCUT2D eigenvalue weighted by molar-refractivity contribution is 7.99. The number of β-lactam (4-membered cyclic amide) rings is 1. The predicted octanol–water partition coefficient (Wildman–Crippen LogP) is 4.85. The van der Waals surface area contributed by atoms with E-state index in [4.69, 9.17) is 20.0 Å². The molecule has 2 aromatic carbocycles. The number of ether oxygens (including phenoxy) is 2. The van der Waals surface area contributed by atoms with Crippen molar-refractivity contribution in [2.45, 2.75) is 54.9 Å². The fourth-order valence-corrected chi connectivity index (χ4v) is 7.50. The Hall–Kier alpha value is -5.21. The molecule has 2 amide bonds. The van der Waals surface area contributed by atoms with Crippen LogP contribution in [-0.4, -0.2) is 68.9 Å². The highest BCUT2D eigenvalue weighted by atomic mass is 32.2. The first-order valence-corrected chi connectivity index (χ1v) is 18.1. The molecule has 2 aliphatic heterocycles. The average Bonchev–Trinajstić information content (AvgIpc) is 3.84. The summed E-state index contributed by atoms with van der Waals surface area (Å²) in [5.74, 6) is -1.29. The van der Waals surface area contributed by atoms with E-state index in [-0.39, 0.29) is 40.7 Å². The number of benzene rings is 2. The van der Waals surface area contributed by atoms with Crippen LogP contribution in [0.1, 0.15) is 48.6 Å². The first kappa shape index (κ1) is 33.3. The summed E-state index contributed by atoms with van der Waals surface area (Å²) in [5, 5.41) is 8.85. The number of nitrogens with two attached hydrogens (primary N) is 1. The topological polar surface area (TPSA) is 158 Å². The number of esters is 1. The second kappa shape index (κ2) is 15.1. The Balaban J connectivity index is 1.15. The highest BCUT2D eigenvalue weighted by Gasteiger charge is 2.55. The van der Waals surface area contributed by atoms with E-state index in [9.17, 15) is 14.4 Å². The van der Waals surface area contributed by atoms with Crippen molar-refractivity contribution in [3.05, 3.63) is 119 Å². The molecule has 0 radical (unpaired) electrons. The third kappa shape index (κ3) is 7.21. The summed E-state index contributed by atoms with van der Waals surface area (Å²) >= 11 is 2.60. The normalized spacial score (nSPS) is 19.1. The van der Waals surface area contributed by atoms with Crippen LogP contribution in [0.4, 0.5) is 5.13 Å². The van der Waals surface area contributed by atoms with Gasteiger partial charge in [0.05, 0.1) is 5.75 Å². The SMILES string of the molecule is Nc1nc(/C(=N/OC2CCCC2)C(=O)NC2C(=O)N3C(C(=O)OC(c4ccccc4)c4ccccc4)=C(CSc4ccncc4)OCC23)cs1. The number of thioether (sulfide) groups is 1. The molecule has 2 atom stereocenters. The van der Waals surface area contributed by atoms with Gasteiger partial charge in [0.2, 0.25) is 0 Å². The summed E-state index contributed by atoms with van der Waals surface area (Å²) in [6, 6.07) is 20.8. The van der Waals surface area contributed by atoms with Crippen LogP contribution in [0, 0.1) is 0 Å². The third-order valence-electron chi connectivity index (χ3n) is 8.66. The fraction of sp³-hybridized carbons (Fsp3) is 0.278. The molecule has 2 unspecified atom stereocenters. The lowest BCUT2D eigenvalue weighted by Gasteiger charge is -2.49. The molecule has 3 aliphatic rings. The van der Waals surface area contributed by atoms with Gasteiger partial charge < -0.3 is 25.4 Å². The maximum Gasteiger partial charge on any atom is 0.359 e. The summed E-state index contributed by atoms with van der Waals surface area (Å²) in [7, 11) is 0. The number of fused-ring (bicyclic) bond motifs is 1. The Morgan fingerprint density at radius 1 is 1.04 bits per heavy atom. The average molecular weight is 711 g/mol. The van der Waals surface area contributed by atoms with Crippen LogP contribution in [0.2, 0.25) is 0 Å². The number of hydrogen-bond donors (Lipinski definition) is 2. The van der Waals surface area contributed by atoms with E-state index in [1.165, 1.54) is 28.0 Å². The Kier molecular flexibility index (Phi) is 10.1. The molecule has 14 heteroatoms. The summed E-state index contributed by atoms with van der Waals surface area (Å²) in [6.45, 7) is 0.0508. The number of carbonyl (C=O) groups is 3. The number of hydrogen-bond acceptors (Lipinski definition) is 12. The van der Waals surface area contributed by atoms with Crippen LogP contribution in [0.25, 0.3) is 0 Å². The van der Waals surface area contributed by atoms with E-state index >= 15 is 0 Å². The van der Waals surface area contributed by atoms with Crippen LogP contribution in [0.5, 0.6) is 0 Å². The number of aromatic nitrogens is 2. The van der Waals surface area contributed by atoms with E-state index in [0.717, 1.165) is 41.7 Å². The van der Waals surface area contributed by atoms with Crippen molar-refractivity contribution in [3.8, 4) is 0 Å². The number of thiazole rings is 1.